The summed E-state index contributed by atoms with van der Waals surface area (Å²) in [6.45, 7) is 0. The Bertz CT molecular complexity index is 712. The molecule has 2 rings (SSSR count). The third-order valence-corrected chi connectivity index (χ3v) is 7.62. The van der Waals surface area contributed by atoms with E-state index in [1.807, 2.05) is 0 Å². The van der Waals surface area contributed by atoms with Gasteiger partial charge in [-0.15, -0.1) is 11.3 Å². The Morgan fingerprint density at radius 2 is 1.79 bits per heavy atom. The van der Waals surface area contributed by atoms with E-state index in [4.69, 9.17) is 23.2 Å². The minimum atomic E-state index is -3.66. The molecule has 0 aliphatic heterocycles. The Balaban J connectivity index is 2.33. The fourth-order valence-corrected chi connectivity index (χ4v) is 5.10. The number of hydrogen-bond donors (Lipinski definition) is 1. The number of hydrogen-bond acceptors (Lipinski definition) is 3. The molecule has 0 atom stereocenters. The van der Waals surface area contributed by atoms with Gasteiger partial charge in [0.1, 0.15) is 4.21 Å². The highest BCUT2D eigenvalue weighted by atomic mass is 79.9. The molecule has 0 radical (unpaired) electrons. The smallest absolute Gasteiger partial charge is 0.271 e. The summed E-state index contributed by atoms with van der Waals surface area (Å²) >= 11 is 19.2. The van der Waals surface area contributed by atoms with Crippen LogP contribution in [0.1, 0.15) is 0 Å². The summed E-state index contributed by atoms with van der Waals surface area (Å²) in [5.74, 6) is 0. The second-order valence-corrected chi connectivity index (χ2v) is 9.37. The van der Waals surface area contributed by atoms with Crippen molar-refractivity contribution in [1.82, 2.24) is 0 Å². The summed E-state index contributed by atoms with van der Waals surface area (Å²) < 4.78 is 28.1. The van der Waals surface area contributed by atoms with Gasteiger partial charge in [-0.25, -0.2) is 8.42 Å². The maximum Gasteiger partial charge on any atom is 0.271 e. The lowest BCUT2D eigenvalue weighted by molar-refractivity contribution is 0.603. The zero-order chi connectivity index (χ0) is 14.2. The third kappa shape index (κ3) is 3.65. The van der Waals surface area contributed by atoms with Gasteiger partial charge < -0.3 is 0 Å². The fraction of sp³-hybridized carbons (Fsp3) is 0. The first-order valence-corrected chi connectivity index (χ1v) is 9.36. The second-order valence-electron chi connectivity index (χ2n) is 3.42. The first-order valence-electron chi connectivity index (χ1n) is 4.72. The Hall–Kier alpha value is 0.210. The molecule has 0 unspecified atom stereocenters. The molecule has 0 amide bonds. The van der Waals surface area contributed by atoms with Crippen molar-refractivity contribution < 1.29 is 8.42 Å². The number of thiophene rings is 1. The molecule has 0 aliphatic rings. The predicted molar refractivity (Wildman–Crippen MR) is 87.0 cm³/mol. The molecule has 0 spiro atoms. The van der Waals surface area contributed by atoms with Crippen LogP contribution in [0.2, 0.25) is 10.0 Å². The molecule has 102 valence electrons. The van der Waals surface area contributed by atoms with Gasteiger partial charge in [-0.05, 0) is 56.1 Å². The van der Waals surface area contributed by atoms with E-state index in [2.05, 4.69) is 36.6 Å². The average Bonchev–Trinajstić information content (AvgIpc) is 2.65. The van der Waals surface area contributed by atoms with Gasteiger partial charge in [0.2, 0.25) is 0 Å². The second kappa shape index (κ2) is 5.91. The highest BCUT2D eigenvalue weighted by Gasteiger charge is 2.19. The van der Waals surface area contributed by atoms with E-state index in [-0.39, 0.29) is 4.21 Å². The van der Waals surface area contributed by atoms with Gasteiger partial charge in [0.05, 0.1) is 19.5 Å². The molecule has 1 N–H and O–H groups in total. The molecule has 3 nitrogen and oxygen atoms in total. The van der Waals surface area contributed by atoms with Crippen molar-refractivity contribution in [3.63, 3.8) is 0 Å². The highest BCUT2D eigenvalue weighted by molar-refractivity contribution is 9.11. The molecule has 1 heterocycles. The number of sulfonamides is 1. The van der Waals surface area contributed by atoms with Gasteiger partial charge in [-0.1, -0.05) is 23.2 Å². The Morgan fingerprint density at radius 3 is 2.32 bits per heavy atom. The molecule has 9 heteroatoms. The molecule has 0 saturated carbocycles. The van der Waals surface area contributed by atoms with Crippen LogP contribution in [0, 0.1) is 0 Å². The van der Waals surface area contributed by atoms with E-state index in [0.29, 0.717) is 24.0 Å². The zero-order valence-electron chi connectivity index (χ0n) is 8.95. The van der Waals surface area contributed by atoms with Gasteiger partial charge in [0.25, 0.3) is 10.0 Å². The van der Waals surface area contributed by atoms with Crippen molar-refractivity contribution in [3.05, 3.63) is 42.6 Å². The van der Waals surface area contributed by atoms with E-state index >= 15 is 0 Å². The molecular weight excluding hydrogens is 461 g/mol. The molecule has 2 aromatic rings. The molecule has 0 fully saturated rings. The lowest BCUT2D eigenvalue weighted by atomic mass is 10.3. The summed E-state index contributed by atoms with van der Waals surface area (Å²) in [6, 6.07) is 6.18. The van der Waals surface area contributed by atoms with E-state index in [1.165, 1.54) is 12.1 Å². The first kappa shape index (κ1) is 15.6. The number of nitrogens with one attached hydrogen (secondary N) is 1. The minimum Gasteiger partial charge on any atom is -0.279 e. The first-order chi connectivity index (χ1) is 8.79. The zero-order valence-corrected chi connectivity index (χ0v) is 15.3. The fourth-order valence-electron chi connectivity index (χ4n) is 1.22. The summed E-state index contributed by atoms with van der Waals surface area (Å²) in [7, 11) is -3.66. The van der Waals surface area contributed by atoms with Crippen molar-refractivity contribution in [2.45, 2.75) is 4.21 Å². The maximum atomic E-state index is 12.1. The van der Waals surface area contributed by atoms with Crippen LogP contribution in [-0.2, 0) is 10.0 Å². The average molecular weight is 466 g/mol. The van der Waals surface area contributed by atoms with Crippen molar-refractivity contribution in [1.29, 1.82) is 0 Å². The molecule has 19 heavy (non-hydrogen) atoms. The van der Waals surface area contributed by atoms with Crippen LogP contribution in [0.15, 0.2) is 36.7 Å². The van der Waals surface area contributed by atoms with Crippen LogP contribution >= 0.6 is 66.4 Å². The van der Waals surface area contributed by atoms with Gasteiger partial charge in [0.15, 0.2) is 0 Å². The molecule has 0 aliphatic carbocycles. The van der Waals surface area contributed by atoms with E-state index in [1.54, 1.807) is 12.1 Å². The van der Waals surface area contributed by atoms with Gasteiger partial charge >= 0.3 is 0 Å². The largest absolute Gasteiger partial charge is 0.279 e. The SMILES string of the molecule is O=S(=O)(Nc1ccc(Br)c(Cl)c1)c1cc(Cl)c(Br)s1. The molecule has 1 aromatic heterocycles. The normalized spacial score (nSPS) is 11.6. The van der Waals surface area contributed by atoms with Gasteiger partial charge in [0, 0.05) is 4.47 Å². The van der Waals surface area contributed by atoms with Gasteiger partial charge in [-0.2, -0.15) is 0 Å². The summed E-state index contributed by atoms with van der Waals surface area (Å²) in [4.78, 5) is 0. The standard InChI is InChI=1S/C10H5Br2Cl2NO2S2/c11-6-2-1-5(3-7(6)13)15-19(16,17)9-4-8(14)10(12)18-9/h1-4,15H. The number of benzene rings is 1. The predicted octanol–water partition coefficient (Wildman–Crippen LogP) is 5.38. The topological polar surface area (TPSA) is 46.2 Å². The van der Waals surface area contributed by atoms with E-state index in [0.717, 1.165) is 11.3 Å². The van der Waals surface area contributed by atoms with E-state index < -0.39 is 10.0 Å². The molecular formula is C10H5Br2Cl2NO2S2. The lowest BCUT2D eigenvalue weighted by Crippen LogP contribution is -2.11. The number of rotatable bonds is 3. The van der Waals surface area contributed by atoms with Crippen LogP contribution in [0.4, 0.5) is 5.69 Å². The monoisotopic (exact) mass is 463 g/mol. The van der Waals surface area contributed by atoms with Crippen molar-refractivity contribution >= 4 is 82.1 Å². The van der Waals surface area contributed by atoms with Crippen LogP contribution in [0.25, 0.3) is 0 Å². The molecule has 1 aromatic carbocycles. The Labute approximate surface area is 141 Å². The Morgan fingerprint density at radius 1 is 1.11 bits per heavy atom. The maximum absolute atomic E-state index is 12.1. The van der Waals surface area contributed by atoms with Crippen molar-refractivity contribution in [3.8, 4) is 0 Å². The summed E-state index contributed by atoms with van der Waals surface area (Å²) in [5, 5.41) is 0.782. The van der Waals surface area contributed by atoms with Gasteiger partial charge in [-0.3, -0.25) is 4.72 Å². The molecule has 0 bridgehead atoms. The quantitative estimate of drug-likeness (QED) is 0.661. The van der Waals surface area contributed by atoms with Crippen molar-refractivity contribution in [2.24, 2.45) is 0 Å². The van der Waals surface area contributed by atoms with Crippen LogP contribution in [0.5, 0.6) is 0 Å². The highest BCUT2D eigenvalue weighted by Crippen LogP contribution is 2.35. The summed E-state index contributed by atoms with van der Waals surface area (Å²) in [6.07, 6.45) is 0. The number of halogens is 4. The van der Waals surface area contributed by atoms with Crippen LogP contribution in [-0.4, -0.2) is 8.42 Å². The summed E-state index contributed by atoms with van der Waals surface area (Å²) in [5.41, 5.74) is 0.383. The molecule has 0 saturated heterocycles. The van der Waals surface area contributed by atoms with Crippen LogP contribution < -0.4 is 4.72 Å². The lowest BCUT2D eigenvalue weighted by Gasteiger charge is -2.07. The third-order valence-electron chi connectivity index (χ3n) is 2.06. The van der Waals surface area contributed by atoms with E-state index in [9.17, 15) is 8.42 Å². The van der Waals surface area contributed by atoms with Crippen LogP contribution in [0.3, 0.4) is 0 Å². The Kier molecular flexibility index (Phi) is 4.85. The number of anilines is 1. The van der Waals surface area contributed by atoms with Crippen molar-refractivity contribution in [2.75, 3.05) is 4.72 Å². The minimum absolute atomic E-state index is 0.128.